The summed E-state index contributed by atoms with van der Waals surface area (Å²) in [5, 5.41) is 9.38. The predicted molar refractivity (Wildman–Crippen MR) is 100 cm³/mol. The number of H-pyrrole nitrogens is 1. The summed E-state index contributed by atoms with van der Waals surface area (Å²) in [5.41, 5.74) is 2.44. The lowest BCUT2D eigenvalue weighted by Gasteiger charge is -2.17. The molecule has 0 spiro atoms. The maximum Gasteiger partial charge on any atom is 0.145 e. The van der Waals surface area contributed by atoms with E-state index in [-0.39, 0.29) is 11.7 Å². The SMILES string of the molecule is CCC(c1ccncc1F)c1c(C)n[nH]c1Sc1cc(Cl)cc(Cl)c1. The lowest BCUT2D eigenvalue weighted by molar-refractivity contribution is 0.583. The molecule has 0 radical (unpaired) electrons. The van der Waals surface area contributed by atoms with E-state index in [9.17, 15) is 4.39 Å². The maximum atomic E-state index is 14.3. The highest BCUT2D eigenvalue weighted by molar-refractivity contribution is 7.99. The third-order valence-electron chi connectivity index (χ3n) is 3.95. The number of hydrogen-bond acceptors (Lipinski definition) is 3. The van der Waals surface area contributed by atoms with Crippen molar-refractivity contribution in [3.8, 4) is 0 Å². The normalized spacial score (nSPS) is 12.4. The average molecular weight is 396 g/mol. The Kier molecular flexibility index (Phi) is 5.67. The first-order valence-electron chi connectivity index (χ1n) is 7.77. The summed E-state index contributed by atoms with van der Waals surface area (Å²) < 4.78 is 14.3. The number of halogens is 3. The first kappa shape index (κ1) is 18.2. The molecule has 0 fully saturated rings. The fourth-order valence-corrected chi connectivity index (χ4v) is 4.62. The molecule has 1 unspecified atom stereocenters. The number of aromatic nitrogens is 3. The van der Waals surface area contributed by atoms with Crippen LogP contribution in [0.2, 0.25) is 10.0 Å². The van der Waals surface area contributed by atoms with Gasteiger partial charge in [0.15, 0.2) is 0 Å². The molecule has 0 aliphatic carbocycles. The second kappa shape index (κ2) is 7.77. The van der Waals surface area contributed by atoms with E-state index in [0.717, 1.165) is 27.6 Å². The van der Waals surface area contributed by atoms with Gasteiger partial charge >= 0.3 is 0 Å². The number of hydrogen-bond donors (Lipinski definition) is 1. The van der Waals surface area contributed by atoms with Crippen LogP contribution in [-0.2, 0) is 0 Å². The molecule has 1 aromatic carbocycles. The number of rotatable bonds is 5. The summed E-state index contributed by atoms with van der Waals surface area (Å²) in [6.07, 6.45) is 3.60. The molecule has 1 N–H and O–H groups in total. The first-order valence-corrected chi connectivity index (χ1v) is 9.35. The molecule has 0 saturated carbocycles. The molecule has 3 aromatic rings. The van der Waals surface area contributed by atoms with Crippen molar-refractivity contribution < 1.29 is 4.39 Å². The van der Waals surface area contributed by atoms with Crippen molar-refractivity contribution in [2.24, 2.45) is 0 Å². The second-order valence-electron chi connectivity index (χ2n) is 5.62. The number of aryl methyl sites for hydroxylation is 1. The van der Waals surface area contributed by atoms with Crippen molar-refractivity contribution in [3.63, 3.8) is 0 Å². The Morgan fingerprint density at radius 1 is 1.24 bits per heavy atom. The van der Waals surface area contributed by atoms with E-state index in [1.165, 1.54) is 18.0 Å². The van der Waals surface area contributed by atoms with Crippen LogP contribution in [0.1, 0.15) is 36.1 Å². The van der Waals surface area contributed by atoms with Crippen molar-refractivity contribution in [1.82, 2.24) is 15.2 Å². The second-order valence-corrected chi connectivity index (χ2v) is 7.57. The third-order valence-corrected chi connectivity index (χ3v) is 5.37. The van der Waals surface area contributed by atoms with Gasteiger partial charge in [-0.15, -0.1) is 0 Å². The molecule has 2 aromatic heterocycles. The quantitative estimate of drug-likeness (QED) is 0.554. The molecule has 0 bridgehead atoms. The van der Waals surface area contributed by atoms with Gasteiger partial charge in [-0.3, -0.25) is 10.1 Å². The maximum absolute atomic E-state index is 14.3. The Balaban J connectivity index is 2.02. The number of benzene rings is 1. The van der Waals surface area contributed by atoms with E-state index in [4.69, 9.17) is 23.2 Å². The summed E-state index contributed by atoms with van der Waals surface area (Å²) in [7, 11) is 0. The molecule has 0 amide bonds. The molecule has 0 aliphatic heterocycles. The Labute approximate surface area is 160 Å². The van der Waals surface area contributed by atoms with Crippen molar-refractivity contribution >= 4 is 35.0 Å². The van der Waals surface area contributed by atoms with Crippen molar-refractivity contribution in [1.29, 1.82) is 0 Å². The van der Waals surface area contributed by atoms with Gasteiger partial charge in [0.1, 0.15) is 5.82 Å². The van der Waals surface area contributed by atoms with Gasteiger partial charge in [-0.2, -0.15) is 5.10 Å². The van der Waals surface area contributed by atoms with E-state index in [0.29, 0.717) is 15.6 Å². The topological polar surface area (TPSA) is 41.6 Å². The molecule has 0 aliphatic rings. The number of pyridine rings is 1. The zero-order chi connectivity index (χ0) is 18.0. The summed E-state index contributed by atoms with van der Waals surface area (Å²) in [6, 6.07) is 7.09. The Hall–Kier alpha value is -1.56. The lowest BCUT2D eigenvalue weighted by Crippen LogP contribution is -2.05. The van der Waals surface area contributed by atoms with Crippen LogP contribution in [0.3, 0.4) is 0 Å². The van der Waals surface area contributed by atoms with E-state index in [1.54, 1.807) is 18.3 Å². The van der Waals surface area contributed by atoms with E-state index < -0.39 is 0 Å². The zero-order valence-electron chi connectivity index (χ0n) is 13.7. The van der Waals surface area contributed by atoms with Crippen molar-refractivity contribution in [2.45, 2.75) is 36.1 Å². The Morgan fingerprint density at radius 3 is 2.60 bits per heavy atom. The van der Waals surface area contributed by atoms with Crippen LogP contribution in [0.25, 0.3) is 0 Å². The van der Waals surface area contributed by atoms with Crippen LogP contribution in [0.4, 0.5) is 4.39 Å². The highest BCUT2D eigenvalue weighted by Gasteiger charge is 2.24. The van der Waals surface area contributed by atoms with Crippen LogP contribution < -0.4 is 0 Å². The van der Waals surface area contributed by atoms with Crippen LogP contribution in [-0.4, -0.2) is 15.2 Å². The van der Waals surface area contributed by atoms with Crippen LogP contribution >= 0.6 is 35.0 Å². The molecule has 3 rings (SSSR count). The minimum absolute atomic E-state index is 0.112. The van der Waals surface area contributed by atoms with Gasteiger partial charge in [-0.05, 0) is 43.2 Å². The lowest BCUT2D eigenvalue weighted by atomic mass is 9.90. The molecule has 2 heterocycles. The highest BCUT2D eigenvalue weighted by Crippen LogP contribution is 2.40. The molecule has 1 atom stereocenters. The van der Waals surface area contributed by atoms with E-state index >= 15 is 0 Å². The fourth-order valence-electron chi connectivity index (χ4n) is 2.86. The Morgan fingerprint density at radius 2 is 1.96 bits per heavy atom. The van der Waals surface area contributed by atoms with E-state index in [2.05, 4.69) is 15.2 Å². The Bertz CT molecular complexity index is 878. The number of aromatic amines is 1. The molecule has 0 saturated heterocycles. The molecule has 25 heavy (non-hydrogen) atoms. The van der Waals surface area contributed by atoms with Gasteiger partial charge in [0.2, 0.25) is 0 Å². The molecule has 130 valence electrons. The molecular weight excluding hydrogens is 380 g/mol. The van der Waals surface area contributed by atoms with Crippen LogP contribution in [0.15, 0.2) is 46.6 Å². The summed E-state index contributed by atoms with van der Waals surface area (Å²) in [4.78, 5) is 4.74. The van der Waals surface area contributed by atoms with Crippen molar-refractivity contribution in [2.75, 3.05) is 0 Å². The van der Waals surface area contributed by atoms with Crippen LogP contribution in [0, 0.1) is 12.7 Å². The largest absolute Gasteiger partial charge is 0.271 e. The summed E-state index contributed by atoms with van der Waals surface area (Å²) in [6.45, 7) is 3.95. The van der Waals surface area contributed by atoms with Gasteiger partial charge in [-0.1, -0.05) is 41.9 Å². The van der Waals surface area contributed by atoms with Gasteiger partial charge in [0, 0.05) is 32.6 Å². The van der Waals surface area contributed by atoms with E-state index in [1.807, 2.05) is 26.0 Å². The van der Waals surface area contributed by atoms with Gasteiger partial charge < -0.3 is 0 Å². The standard InChI is InChI=1S/C18H16Cl2FN3S/c1-3-14(15-4-5-22-9-16(15)21)17-10(2)23-24-18(17)25-13-7-11(19)6-12(20)8-13/h4-9,14H,3H2,1-2H3,(H,23,24). The van der Waals surface area contributed by atoms with Gasteiger partial charge in [0.05, 0.1) is 16.9 Å². The smallest absolute Gasteiger partial charge is 0.145 e. The molecule has 3 nitrogen and oxygen atoms in total. The van der Waals surface area contributed by atoms with Crippen LogP contribution in [0.5, 0.6) is 0 Å². The zero-order valence-corrected chi connectivity index (χ0v) is 16.0. The summed E-state index contributed by atoms with van der Waals surface area (Å²) >= 11 is 13.7. The predicted octanol–water partition coefficient (Wildman–Crippen LogP) is 6.25. The number of nitrogens with zero attached hydrogens (tertiary/aromatic N) is 2. The van der Waals surface area contributed by atoms with Crippen molar-refractivity contribution in [3.05, 3.63) is 69.3 Å². The van der Waals surface area contributed by atoms with Gasteiger partial charge in [0.25, 0.3) is 0 Å². The minimum atomic E-state index is -0.309. The highest BCUT2D eigenvalue weighted by atomic mass is 35.5. The van der Waals surface area contributed by atoms with Gasteiger partial charge in [-0.25, -0.2) is 4.39 Å². The fraction of sp³-hybridized carbons (Fsp3) is 0.222. The summed E-state index contributed by atoms with van der Waals surface area (Å²) in [5.74, 6) is -0.421. The number of nitrogens with one attached hydrogen (secondary N) is 1. The average Bonchev–Trinajstić information content (AvgIpc) is 2.90. The minimum Gasteiger partial charge on any atom is -0.271 e. The molecular formula is C18H16Cl2FN3S. The first-order chi connectivity index (χ1) is 12.0. The third kappa shape index (κ3) is 4.00. The molecule has 7 heteroatoms. The monoisotopic (exact) mass is 395 g/mol.